The first-order valence-electron chi connectivity index (χ1n) is 9.16. The van der Waals surface area contributed by atoms with Gasteiger partial charge in [0.1, 0.15) is 11.6 Å². The molecule has 2 aliphatic heterocycles. The van der Waals surface area contributed by atoms with Crippen LogP contribution in [0.2, 0.25) is 0 Å². The molecule has 0 aromatic carbocycles. The minimum absolute atomic E-state index is 0.135. The first-order chi connectivity index (χ1) is 12.3. The van der Waals surface area contributed by atoms with Crippen molar-refractivity contribution in [3.8, 4) is 0 Å². The fourth-order valence-corrected chi connectivity index (χ4v) is 4.11. The van der Waals surface area contributed by atoms with Crippen LogP contribution in [0.1, 0.15) is 43.3 Å². The van der Waals surface area contributed by atoms with Crippen LogP contribution in [-0.4, -0.2) is 77.9 Å². The van der Waals surface area contributed by atoms with Crippen molar-refractivity contribution in [2.24, 2.45) is 7.05 Å². The molecule has 1 aromatic heterocycles. The van der Waals surface area contributed by atoms with E-state index < -0.39 is 10.0 Å². The van der Waals surface area contributed by atoms with E-state index >= 15 is 0 Å². The summed E-state index contributed by atoms with van der Waals surface area (Å²) in [5.41, 5.74) is 0. The topological polar surface area (TPSA) is 100 Å². The average molecular weight is 385 g/mol. The molecule has 10 heteroatoms. The van der Waals surface area contributed by atoms with Gasteiger partial charge in [0.25, 0.3) is 0 Å². The quantitative estimate of drug-likeness (QED) is 0.721. The second-order valence-corrected chi connectivity index (χ2v) is 9.12. The van der Waals surface area contributed by atoms with Gasteiger partial charge in [0.2, 0.25) is 15.9 Å². The highest BCUT2D eigenvalue weighted by Crippen LogP contribution is 2.26. The number of carbonyl (C=O) groups excluding carboxylic acids is 1. The highest BCUT2D eigenvalue weighted by atomic mass is 32.2. The molecule has 0 spiro atoms. The number of aromatic nitrogens is 3. The number of piperidine rings is 1. The van der Waals surface area contributed by atoms with E-state index in [1.165, 1.54) is 12.8 Å². The largest absolute Gasteiger partial charge is 0.341 e. The van der Waals surface area contributed by atoms with Gasteiger partial charge in [0, 0.05) is 26.1 Å². The molecule has 2 aliphatic rings. The van der Waals surface area contributed by atoms with Gasteiger partial charge >= 0.3 is 0 Å². The van der Waals surface area contributed by atoms with Gasteiger partial charge in [0.15, 0.2) is 0 Å². The van der Waals surface area contributed by atoms with Gasteiger partial charge in [0.05, 0.1) is 19.3 Å². The lowest BCUT2D eigenvalue weighted by molar-refractivity contribution is -0.131. The lowest BCUT2D eigenvalue weighted by Crippen LogP contribution is -2.44. The number of sulfonamides is 1. The second-order valence-electron chi connectivity index (χ2n) is 7.29. The molecule has 3 heterocycles. The van der Waals surface area contributed by atoms with E-state index in [0.29, 0.717) is 13.1 Å². The van der Waals surface area contributed by atoms with E-state index in [4.69, 9.17) is 0 Å². The van der Waals surface area contributed by atoms with Crippen molar-refractivity contribution in [3.63, 3.8) is 0 Å². The van der Waals surface area contributed by atoms with Gasteiger partial charge in [-0.05, 0) is 38.8 Å². The molecule has 3 rings (SSSR count). The van der Waals surface area contributed by atoms with E-state index in [9.17, 15) is 13.2 Å². The van der Waals surface area contributed by atoms with Crippen LogP contribution in [0.25, 0.3) is 0 Å². The Morgan fingerprint density at radius 3 is 2.62 bits per heavy atom. The van der Waals surface area contributed by atoms with Crippen LogP contribution in [0.3, 0.4) is 0 Å². The normalized spacial score (nSPS) is 22.1. The van der Waals surface area contributed by atoms with Crippen LogP contribution in [0.15, 0.2) is 0 Å². The first kappa shape index (κ1) is 19.2. The van der Waals surface area contributed by atoms with Gasteiger partial charge in [-0.2, -0.15) is 0 Å². The van der Waals surface area contributed by atoms with E-state index in [1.807, 2.05) is 7.05 Å². The highest BCUT2D eigenvalue weighted by molar-refractivity contribution is 7.88. The standard InChI is InChI=1S/C16H28N6O3S/c1-20-14(12-21-7-3-4-8-21)18-19-16(20)13-6-5-9-22(11-13)15(23)10-17-26(2,24)25/h13,17H,3-12H2,1-2H3. The number of carbonyl (C=O) groups is 1. The van der Waals surface area contributed by atoms with Gasteiger partial charge in [-0.25, -0.2) is 13.1 Å². The number of amides is 1. The summed E-state index contributed by atoms with van der Waals surface area (Å²) in [6.45, 7) is 4.06. The molecule has 1 N–H and O–H groups in total. The SMILES string of the molecule is Cn1c(CN2CCCC2)nnc1C1CCCN(C(=O)CNS(C)(=O)=O)C1. The Labute approximate surface area is 154 Å². The predicted molar refractivity (Wildman–Crippen MR) is 96.9 cm³/mol. The molecule has 2 saturated heterocycles. The Bertz CT molecular complexity index is 741. The third-order valence-electron chi connectivity index (χ3n) is 5.19. The third kappa shape index (κ3) is 4.80. The van der Waals surface area contributed by atoms with Crippen LogP contribution < -0.4 is 4.72 Å². The summed E-state index contributed by atoms with van der Waals surface area (Å²) >= 11 is 0. The summed E-state index contributed by atoms with van der Waals surface area (Å²) in [5, 5.41) is 8.77. The summed E-state index contributed by atoms with van der Waals surface area (Å²) in [5.74, 6) is 1.81. The van der Waals surface area contributed by atoms with E-state index in [2.05, 4.69) is 24.4 Å². The molecule has 1 aromatic rings. The fraction of sp³-hybridized carbons (Fsp3) is 0.812. The van der Waals surface area contributed by atoms with Crippen LogP contribution >= 0.6 is 0 Å². The smallest absolute Gasteiger partial charge is 0.237 e. The molecule has 0 radical (unpaired) electrons. The maximum Gasteiger partial charge on any atom is 0.237 e. The van der Waals surface area contributed by atoms with Gasteiger partial charge in [-0.15, -0.1) is 10.2 Å². The minimum Gasteiger partial charge on any atom is -0.341 e. The maximum absolute atomic E-state index is 12.3. The lowest BCUT2D eigenvalue weighted by atomic mass is 9.97. The number of nitrogens with one attached hydrogen (secondary N) is 1. The van der Waals surface area contributed by atoms with Crippen molar-refractivity contribution in [3.05, 3.63) is 11.6 Å². The third-order valence-corrected chi connectivity index (χ3v) is 5.86. The zero-order chi connectivity index (χ0) is 18.7. The molecule has 26 heavy (non-hydrogen) atoms. The summed E-state index contributed by atoms with van der Waals surface area (Å²) in [6, 6.07) is 0. The van der Waals surface area contributed by atoms with Gasteiger partial charge in [-0.3, -0.25) is 9.69 Å². The van der Waals surface area contributed by atoms with Crippen LogP contribution in [0, 0.1) is 0 Å². The molecule has 0 saturated carbocycles. The number of hydrogen-bond acceptors (Lipinski definition) is 6. The maximum atomic E-state index is 12.3. The monoisotopic (exact) mass is 384 g/mol. The molecule has 1 unspecified atom stereocenters. The van der Waals surface area contributed by atoms with E-state index in [0.717, 1.165) is 50.4 Å². The van der Waals surface area contributed by atoms with Gasteiger partial charge < -0.3 is 9.47 Å². The molecule has 1 amide bonds. The van der Waals surface area contributed by atoms with Crippen molar-refractivity contribution in [2.75, 3.05) is 39.0 Å². The molecule has 0 bridgehead atoms. The molecular formula is C16H28N6O3S. The Kier molecular flexibility index (Phi) is 5.93. The van der Waals surface area contributed by atoms with Crippen molar-refractivity contribution in [1.82, 2.24) is 29.3 Å². The zero-order valence-electron chi connectivity index (χ0n) is 15.5. The van der Waals surface area contributed by atoms with E-state index in [-0.39, 0.29) is 18.4 Å². The first-order valence-corrected chi connectivity index (χ1v) is 11.1. The van der Waals surface area contributed by atoms with Crippen LogP contribution in [0.5, 0.6) is 0 Å². The van der Waals surface area contributed by atoms with Crippen LogP contribution in [0.4, 0.5) is 0 Å². The highest BCUT2D eigenvalue weighted by Gasteiger charge is 2.29. The average Bonchev–Trinajstić information content (AvgIpc) is 3.23. The van der Waals surface area contributed by atoms with E-state index in [1.54, 1.807) is 4.90 Å². The number of nitrogens with zero attached hydrogens (tertiary/aromatic N) is 5. The van der Waals surface area contributed by atoms with Crippen molar-refractivity contribution in [2.45, 2.75) is 38.1 Å². The van der Waals surface area contributed by atoms with Crippen molar-refractivity contribution >= 4 is 15.9 Å². The molecule has 1 atom stereocenters. The summed E-state index contributed by atoms with van der Waals surface area (Å²) in [4.78, 5) is 16.4. The molecule has 2 fully saturated rings. The van der Waals surface area contributed by atoms with Gasteiger partial charge in [-0.1, -0.05) is 0 Å². The molecular weight excluding hydrogens is 356 g/mol. The summed E-state index contributed by atoms with van der Waals surface area (Å²) in [6.07, 6.45) is 5.38. The Hall–Kier alpha value is -1.52. The molecule has 9 nitrogen and oxygen atoms in total. The lowest BCUT2D eigenvalue weighted by Gasteiger charge is -2.32. The predicted octanol–water partition coefficient (Wildman–Crippen LogP) is -0.334. The Morgan fingerprint density at radius 1 is 1.19 bits per heavy atom. The zero-order valence-corrected chi connectivity index (χ0v) is 16.3. The van der Waals surface area contributed by atoms with Crippen molar-refractivity contribution in [1.29, 1.82) is 0 Å². The fourth-order valence-electron chi connectivity index (χ4n) is 3.73. The van der Waals surface area contributed by atoms with Crippen molar-refractivity contribution < 1.29 is 13.2 Å². The number of rotatable bonds is 6. The Balaban J connectivity index is 1.62. The Morgan fingerprint density at radius 2 is 1.92 bits per heavy atom. The summed E-state index contributed by atoms with van der Waals surface area (Å²) in [7, 11) is -1.37. The molecule has 0 aliphatic carbocycles. The molecule has 146 valence electrons. The number of hydrogen-bond donors (Lipinski definition) is 1. The second kappa shape index (κ2) is 8.01. The summed E-state index contributed by atoms with van der Waals surface area (Å²) < 4.78 is 26.7. The number of likely N-dealkylation sites (tertiary alicyclic amines) is 2. The minimum atomic E-state index is -3.37. The van der Waals surface area contributed by atoms with Crippen LogP contribution in [-0.2, 0) is 28.4 Å².